The van der Waals surface area contributed by atoms with Crippen molar-refractivity contribution in [1.29, 1.82) is 0 Å². The van der Waals surface area contributed by atoms with E-state index in [4.69, 9.17) is 5.11 Å². The summed E-state index contributed by atoms with van der Waals surface area (Å²) in [6.07, 6.45) is 1.12. The molecule has 0 spiro atoms. The van der Waals surface area contributed by atoms with E-state index in [9.17, 15) is 18.0 Å². The van der Waals surface area contributed by atoms with E-state index in [-0.39, 0.29) is 26.2 Å². The van der Waals surface area contributed by atoms with Crippen molar-refractivity contribution in [2.75, 3.05) is 32.4 Å². The summed E-state index contributed by atoms with van der Waals surface area (Å²) in [7, 11) is -3.23. The van der Waals surface area contributed by atoms with Crippen molar-refractivity contribution in [2.24, 2.45) is 0 Å². The lowest BCUT2D eigenvalue weighted by Crippen LogP contribution is -2.54. The van der Waals surface area contributed by atoms with Crippen LogP contribution in [0.1, 0.15) is 6.92 Å². The van der Waals surface area contributed by atoms with Crippen LogP contribution in [0.25, 0.3) is 0 Å². The van der Waals surface area contributed by atoms with Crippen LogP contribution < -0.4 is 5.32 Å². The van der Waals surface area contributed by atoms with Gasteiger partial charge in [0.1, 0.15) is 6.04 Å². The molecule has 1 atom stereocenters. The van der Waals surface area contributed by atoms with Gasteiger partial charge in [0.05, 0.1) is 6.26 Å². The fraction of sp³-hybridized carbons (Fsp3) is 0.778. The molecule has 0 aromatic carbocycles. The number of carbonyl (C=O) groups excluding carboxylic acids is 1. The van der Waals surface area contributed by atoms with E-state index in [1.54, 1.807) is 0 Å². The summed E-state index contributed by atoms with van der Waals surface area (Å²) in [5.74, 6) is -1.11. The smallest absolute Gasteiger partial charge is 0.325 e. The molecule has 1 rings (SSSR count). The second-order valence-electron chi connectivity index (χ2n) is 4.16. The van der Waals surface area contributed by atoms with Gasteiger partial charge in [0, 0.05) is 26.2 Å². The quantitative estimate of drug-likeness (QED) is 0.671. The highest BCUT2D eigenvalue weighted by Crippen LogP contribution is 2.06. The summed E-state index contributed by atoms with van der Waals surface area (Å²) in [6.45, 7) is 2.34. The highest BCUT2D eigenvalue weighted by atomic mass is 32.2. The maximum atomic E-state index is 11.7. The van der Waals surface area contributed by atoms with E-state index >= 15 is 0 Å². The number of hydrogen-bond acceptors (Lipinski definition) is 4. The molecule has 104 valence electrons. The molecule has 1 fully saturated rings. The molecule has 2 N–H and O–H groups in total. The Kier molecular flexibility index (Phi) is 4.52. The minimum Gasteiger partial charge on any atom is -0.480 e. The zero-order valence-electron chi connectivity index (χ0n) is 10.3. The first kappa shape index (κ1) is 14.7. The van der Waals surface area contributed by atoms with E-state index in [1.165, 1.54) is 16.1 Å². The second kappa shape index (κ2) is 5.53. The van der Waals surface area contributed by atoms with Crippen molar-refractivity contribution in [1.82, 2.24) is 14.5 Å². The maximum Gasteiger partial charge on any atom is 0.325 e. The SMILES string of the molecule is CC(NC(=O)N1CCN(S(C)(=O)=O)CC1)C(=O)O. The number of carboxylic acid groups (broad SMARTS) is 1. The molecular weight excluding hydrogens is 262 g/mol. The van der Waals surface area contributed by atoms with Crippen molar-refractivity contribution < 1.29 is 23.1 Å². The minimum atomic E-state index is -3.23. The Labute approximate surface area is 106 Å². The molecule has 0 aromatic rings. The average molecular weight is 279 g/mol. The van der Waals surface area contributed by atoms with Crippen LogP contribution in [-0.2, 0) is 14.8 Å². The van der Waals surface area contributed by atoms with Gasteiger partial charge in [-0.05, 0) is 6.92 Å². The minimum absolute atomic E-state index is 0.230. The molecule has 8 nitrogen and oxygen atoms in total. The Bertz CT molecular complexity index is 427. The summed E-state index contributed by atoms with van der Waals surface area (Å²) in [6, 6.07) is -1.46. The fourth-order valence-corrected chi connectivity index (χ4v) is 2.39. The molecule has 1 heterocycles. The second-order valence-corrected chi connectivity index (χ2v) is 6.14. The maximum absolute atomic E-state index is 11.7. The first-order chi connectivity index (χ1) is 8.21. The monoisotopic (exact) mass is 279 g/mol. The van der Waals surface area contributed by atoms with Gasteiger partial charge in [0.15, 0.2) is 0 Å². The van der Waals surface area contributed by atoms with Gasteiger partial charge in [-0.1, -0.05) is 0 Å². The van der Waals surface area contributed by atoms with Gasteiger partial charge >= 0.3 is 12.0 Å². The lowest BCUT2D eigenvalue weighted by atomic mass is 10.3. The fourth-order valence-electron chi connectivity index (χ4n) is 1.56. The van der Waals surface area contributed by atoms with Crippen LogP contribution in [0.5, 0.6) is 0 Å². The number of nitrogens with zero attached hydrogens (tertiary/aromatic N) is 2. The van der Waals surface area contributed by atoms with Crippen LogP contribution in [0.2, 0.25) is 0 Å². The molecule has 1 unspecified atom stereocenters. The van der Waals surface area contributed by atoms with Crippen molar-refractivity contribution >= 4 is 22.0 Å². The molecule has 2 amide bonds. The molecule has 0 bridgehead atoms. The third-order valence-corrected chi connectivity index (χ3v) is 4.01. The summed E-state index contributed by atoms with van der Waals surface area (Å²) in [4.78, 5) is 23.6. The van der Waals surface area contributed by atoms with Crippen LogP contribution >= 0.6 is 0 Å². The first-order valence-corrected chi connectivity index (χ1v) is 7.30. The van der Waals surface area contributed by atoms with E-state index in [0.717, 1.165) is 6.26 Å². The summed E-state index contributed by atoms with van der Waals surface area (Å²) in [5, 5.41) is 11.0. The van der Waals surface area contributed by atoms with E-state index in [2.05, 4.69) is 5.32 Å². The zero-order chi connectivity index (χ0) is 13.9. The highest BCUT2D eigenvalue weighted by molar-refractivity contribution is 7.88. The van der Waals surface area contributed by atoms with Crippen molar-refractivity contribution in [2.45, 2.75) is 13.0 Å². The summed E-state index contributed by atoms with van der Waals surface area (Å²) < 4.78 is 23.8. The Morgan fingerprint density at radius 2 is 1.72 bits per heavy atom. The van der Waals surface area contributed by atoms with Crippen LogP contribution in [0.15, 0.2) is 0 Å². The predicted molar refractivity (Wildman–Crippen MR) is 63.6 cm³/mol. The number of urea groups is 1. The van der Waals surface area contributed by atoms with E-state index < -0.39 is 28.1 Å². The summed E-state index contributed by atoms with van der Waals surface area (Å²) in [5.41, 5.74) is 0. The van der Waals surface area contributed by atoms with Gasteiger partial charge in [0.2, 0.25) is 10.0 Å². The zero-order valence-corrected chi connectivity index (χ0v) is 11.1. The normalized spacial score (nSPS) is 19.3. The number of piperazine rings is 1. The molecule has 18 heavy (non-hydrogen) atoms. The first-order valence-electron chi connectivity index (χ1n) is 5.45. The van der Waals surface area contributed by atoms with Gasteiger partial charge in [0.25, 0.3) is 0 Å². The number of amides is 2. The number of sulfonamides is 1. The number of carboxylic acids is 1. The van der Waals surface area contributed by atoms with E-state index in [1.807, 2.05) is 0 Å². The van der Waals surface area contributed by atoms with Crippen molar-refractivity contribution in [3.05, 3.63) is 0 Å². The molecule has 0 aliphatic carbocycles. The number of carbonyl (C=O) groups is 2. The van der Waals surface area contributed by atoms with Crippen molar-refractivity contribution in [3.63, 3.8) is 0 Å². The Hall–Kier alpha value is -1.35. The van der Waals surface area contributed by atoms with E-state index in [0.29, 0.717) is 0 Å². The van der Waals surface area contributed by atoms with Gasteiger partial charge in [-0.15, -0.1) is 0 Å². The Morgan fingerprint density at radius 3 is 2.11 bits per heavy atom. The van der Waals surface area contributed by atoms with Gasteiger partial charge < -0.3 is 15.3 Å². The largest absolute Gasteiger partial charge is 0.480 e. The lowest BCUT2D eigenvalue weighted by Gasteiger charge is -2.33. The molecular formula is C9H17N3O5S. The Balaban J connectivity index is 2.48. The average Bonchev–Trinajstić information content (AvgIpc) is 2.27. The van der Waals surface area contributed by atoms with Crippen LogP contribution in [0.4, 0.5) is 4.79 Å². The van der Waals surface area contributed by atoms with Gasteiger partial charge in [-0.25, -0.2) is 13.2 Å². The highest BCUT2D eigenvalue weighted by Gasteiger charge is 2.27. The molecule has 0 aromatic heterocycles. The standard InChI is InChI=1S/C9H17N3O5S/c1-7(8(13)14)10-9(15)11-3-5-12(6-4-11)18(2,16)17/h7H,3-6H2,1-2H3,(H,10,15)(H,13,14). The number of aliphatic carboxylic acids is 1. The summed E-state index contributed by atoms with van der Waals surface area (Å²) >= 11 is 0. The molecule has 1 saturated heterocycles. The molecule has 0 saturated carbocycles. The molecule has 1 aliphatic heterocycles. The van der Waals surface area contributed by atoms with Crippen LogP contribution in [-0.4, -0.2) is 73.2 Å². The van der Waals surface area contributed by atoms with Crippen LogP contribution in [0, 0.1) is 0 Å². The number of nitrogens with one attached hydrogen (secondary N) is 1. The van der Waals surface area contributed by atoms with Crippen LogP contribution in [0.3, 0.4) is 0 Å². The van der Waals surface area contributed by atoms with Crippen molar-refractivity contribution in [3.8, 4) is 0 Å². The predicted octanol–water partition coefficient (Wildman–Crippen LogP) is -1.25. The third-order valence-electron chi connectivity index (χ3n) is 2.71. The third kappa shape index (κ3) is 3.84. The molecule has 1 aliphatic rings. The topological polar surface area (TPSA) is 107 Å². The molecule has 9 heteroatoms. The lowest BCUT2D eigenvalue weighted by molar-refractivity contribution is -0.138. The Morgan fingerprint density at radius 1 is 1.22 bits per heavy atom. The number of hydrogen-bond donors (Lipinski definition) is 2. The van der Waals surface area contributed by atoms with Gasteiger partial charge in [-0.2, -0.15) is 4.31 Å². The number of rotatable bonds is 3. The molecule has 0 radical (unpaired) electrons. The van der Waals surface area contributed by atoms with Gasteiger partial charge in [-0.3, -0.25) is 4.79 Å².